The first kappa shape index (κ1) is 21.2. The van der Waals surface area contributed by atoms with E-state index in [1.54, 1.807) is 54.6 Å². The minimum atomic E-state index is -0.457. The molecule has 0 saturated carbocycles. The zero-order chi connectivity index (χ0) is 22.1. The average molecular weight is 473 g/mol. The van der Waals surface area contributed by atoms with E-state index in [1.165, 1.54) is 13.0 Å². The van der Waals surface area contributed by atoms with Crippen molar-refractivity contribution in [3.8, 4) is 11.3 Å². The topological polar surface area (TPSA) is 79.6 Å². The van der Waals surface area contributed by atoms with Crippen LogP contribution >= 0.6 is 35.0 Å². The van der Waals surface area contributed by atoms with Crippen LogP contribution in [-0.2, 0) is 9.59 Å². The van der Waals surface area contributed by atoms with Crippen molar-refractivity contribution in [3.63, 3.8) is 0 Å². The highest BCUT2D eigenvalue weighted by Crippen LogP contribution is 2.37. The Morgan fingerprint density at radius 1 is 1.06 bits per heavy atom. The maximum Gasteiger partial charge on any atom is 0.298 e. The van der Waals surface area contributed by atoms with Crippen LogP contribution in [0, 0.1) is 0 Å². The number of hydrogen-bond donors (Lipinski definition) is 1. The Hall–Kier alpha value is -3.00. The number of carbonyl (C=O) groups excluding carboxylic acids is 3. The fourth-order valence-electron chi connectivity index (χ4n) is 2.98. The van der Waals surface area contributed by atoms with Crippen LogP contribution < -0.4 is 10.2 Å². The molecule has 9 heteroatoms. The fourth-order valence-corrected chi connectivity index (χ4v) is 4.18. The molecule has 1 aliphatic rings. The number of thioether (sulfide) groups is 1. The van der Waals surface area contributed by atoms with E-state index in [-0.39, 0.29) is 10.8 Å². The first-order valence-electron chi connectivity index (χ1n) is 9.03. The number of halogens is 2. The molecule has 1 N–H and O–H groups in total. The summed E-state index contributed by atoms with van der Waals surface area (Å²) in [5.74, 6) is 0.226. The lowest BCUT2D eigenvalue weighted by Crippen LogP contribution is -2.27. The van der Waals surface area contributed by atoms with Crippen LogP contribution in [0.5, 0.6) is 0 Å². The molecule has 6 nitrogen and oxygen atoms in total. The molecule has 2 aromatic carbocycles. The monoisotopic (exact) mass is 472 g/mol. The number of nitrogens with one attached hydrogen (secondary N) is 1. The van der Waals surface area contributed by atoms with E-state index in [0.717, 1.165) is 16.7 Å². The summed E-state index contributed by atoms with van der Waals surface area (Å²) in [6.45, 7) is 1.40. The second-order valence-corrected chi connectivity index (χ2v) is 8.41. The van der Waals surface area contributed by atoms with Gasteiger partial charge in [0.2, 0.25) is 5.91 Å². The van der Waals surface area contributed by atoms with Gasteiger partial charge < -0.3 is 9.73 Å². The third-order valence-corrected chi connectivity index (χ3v) is 5.77. The smallest absolute Gasteiger partial charge is 0.298 e. The van der Waals surface area contributed by atoms with Gasteiger partial charge in [0.25, 0.3) is 11.1 Å². The molecule has 4 rings (SSSR count). The number of nitrogens with zero attached hydrogens (tertiary/aromatic N) is 1. The van der Waals surface area contributed by atoms with Crippen LogP contribution in [0.25, 0.3) is 17.4 Å². The van der Waals surface area contributed by atoms with Gasteiger partial charge in [-0.05, 0) is 66.4 Å². The summed E-state index contributed by atoms with van der Waals surface area (Å²) >= 11 is 13.1. The van der Waals surface area contributed by atoms with Gasteiger partial charge in [-0.15, -0.1) is 0 Å². The third-order valence-electron chi connectivity index (χ3n) is 4.33. The Morgan fingerprint density at radius 3 is 2.52 bits per heavy atom. The van der Waals surface area contributed by atoms with Gasteiger partial charge in [-0.3, -0.25) is 14.4 Å². The van der Waals surface area contributed by atoms with Crippen LogP contribution in [0.15, 0.2) is 63.9 Å². The molecule has 1 saturated heterocycles. The SMILES string of the molecule is CC(=O)Nc1ccc(N2C(=O)S/C(=C/c3ccc(-c4cc(Cl)ccc4Cl)o3)C2=O)cc1. The maximum absolute atomic E-state index is 12.8. The highest BCUT2D eigenvalue weighted by atomic mass is 35.5. The number of amides is 3. The van der Waals surface area contributed by atoms with E-state index in [0.29, 0.717) is 38.5 Å². The molecule has 1 fully saturated rings. The number of anilines is 2. The zero-order valence-corrected chi connectivity index (χ0v) is 18.3. The second kappa shape index (κ2) is 8.63. The number of rotatable bonds is 4. The summed E-state index contributed by atoms with van der Waals surface area (Å²) < 4.78 is 5.79. The van der Waals surface area contributed by atoms with Crippen molar-refractivity contribution in [2.45, 2.75) is 6.92 Å². The van der Waals surface area contributed by atoms with E-state index in [1.807, 2.05) is 0 Å². The first-order chi connectivity index (χ1) is 14.8. The van der Waals surface area contributed by atoms with Crippen LogP contribution in [0.2, 0.25) is 10.0 Å². The molecule has 1 aliphatic heterocycles. The van der Waals surface area contributed by atoms with Gasteiger partial charge in [0.1, 0.15) is 11.5 Å². The van der Waals surface area contributed by atoms with Crippen molar-refractivity contribution in [2.75, 3.05) is 10.2 Å². The van der Waals surface area contributed by atoms with Crippen molar-refractivity contribution >= 4 is 69.5 Å². The molecule has 156 valence electrons. The van der Waals surface area contributed by atoms with E-state index in [4.69, 9.17) is 27.6 Å². The number of hydrogen-bond acceptors (Lipinski definition) is 5. The summed E-state index contributed by atoms with van der Waals surface area (Å²) in [4.78, 5) is 37.7. The van der Waals surface area contributed by atoms with E-state index in [9.17, 15) is 14.4 Å². The Morgan fingerprint density at radius 2 is 1.81 bits per heavy atom. The molecule has 0 unspecified atom stereocenters. The summed E-state index contributed by atoms with van der Waals surface area (Å²) in [7, 11) is 0. The van der Waals surface area contributed by atoms with Gasteiger partial charge in [0.05, 0.1) is 15.6 Å². The Bertz CT molecular complexity index is 1230. The molecule has 31 heavy (non-hydrogen) atoms. The molecular weight excluding hydrogens is 459 g/mol. The largest absolute Gasteiger partial charge is 0.457 e. The number of carbonyl (C=O) groups is 3. The minimum absolute atomic E-state index is 0.210. The van der Waals surface area contributed by atoms with Crippen LogP contribution in [-0.4, -0.2) is 17.1 Å². The fraction of sp³-hybridized carbons (Fsp3) is 0.0455. The Kier molecular flexibility index (Phi) is 5.91. The van der Waals surface area contributed by atoms with Gasteiger partial charge in [-0.25, -0.2) is 4.90 Å². The molecule has 0 bridgehead atoms. The molecular formula is C22H14Cl2N2O4S. The summed E-state index contributed by atoms with van der Waals surface area (Å²) in [6, 6.07) is 14.9. The summed E-state index contributed by atoms with van der Waals surface area (Å²) in [5.41, 5.74) is 1.61. The summed E-state index contributed by atoms with van der Waals surface area (Å²) in [6.07, 6.45) is 1.51. The lowest BCUT2D eigenvalue weighted by Gasteiger charge is -2.13. The van der Waals surface area contributed by atoms with Crippen LogP contribution in [0.1, 0.15) is 12.7 Å². The average Bonchev–Trinajstić information content (AvgIpc) is 3.29. The van der Waals surface area contributed by atoms with Crippen LogP contribution in [0.3, 0.4) is 0 Å². The maximum atomic E-state index is 12.8. The van der Waals surface area contributed by atoms with Crippen LogP contribution in [0.4, 0.5) is 16.2 Å². The predicted octanol–water partition coefficient (Wildman–Crippen LogP) is 6.45. The highest BCUT2D eigenvalue weighted by Gasteiger charge is 2.36. The molecule has 0 aliphatic carbocycles. The molecule has 0 atom stereocenters. The molecule has 3 amide bonds. The summed E-state index contributed by atoms with van der Waals surface area (Å²) in [5, 5.41) is 3.21. The van der Waals surface area contributed by atoms with Gasteiger partial charge >= 0.3 is 0 Å². The predicted molar refractivity (Wildman–Crippen MR) is 123 cm³/mol. The normalized spacial score (nSPS) is 15.1. The third kappa shape index (κ3) is 4.54. The minimum Gasteiger partial charge on any atom is -0.457 e. The Labute approximate surface area is 191 Å². The first-order valence-corrected chi connectivity index (χ1v) is 10.6. The van der Waals surface area contributed by atoms with E-state index >= 15 is 0 Å². The van der Waals surface area contributed by atoms with Crippen molar-refractivity contribution in [1.82, 2.24) is 0 Å². The lowest BCUT2D eigenvalue weighted by atomic mass is 10.2. The zero-order valence-electron chi connectivity index (χ0n) is 16.0. The number of furan rings is 1. The van der Waals surface area contributed by atoms with Gasteiger partial charge in [0.15, 0.2) is 0 Å². The number of imide groups is 1. The van der Waals surface area contributed by atoms with Gasteiger partial charge in [-0.1, -0.05) is 23.2 Å². The quantitative estimate of drug-likeness (QED) is 0.441. The molecule has 3 aromatic rings. The van der Waals surface area contributed by atoms with Gasteiger partial charge in [-0.2, -0.15) is 0 Å². The second-order valence-electron chi connectivity index (χ2n) is 6.57. The highest BCUT2D eigenvalue weighted by molar-refractivity contribution is 8.19. The molecule has 1 aromatic heterocycles. The lowest BCUT2D eigenvalue weighted by molar-refractivity contribution is -0.114. The van der Waals surface area contributed by atoms with Crippen molar-refractivity contribution in [2.24, 2.45) is 0 Å². The molecule has 2 heterocycles. The van der Waals surface area contributed by atoms with E-state index in [2.05, 4.69) is 5.32 Å². The van der Waals surface area contributed by atoms with Crippen molar-refractivity contribution in [1.29, 1.82) is 0 Å². The molecule has 0 radical (unpaired) electrons. The van der Waals surface area contributed by atoms with Crippen molar-refractivity contribution in [3.05, 3.63) is 75.3 Å². The number of benzene rings is 2. The van der Waals surface area contributed by atoms with E-state index < -0.39 is 11.1 Å². The van der Waals surface area contributed by atoms with Crippen molar-refractivity contribution < 1.29 is 18.8 Å². The molecule has 0 spiro atoms. The van der Waals surface area contributed by atoms with Gasteiger partial charge in [0, 0.05) is 29.3 Å². The Balaban J connectivity index is 1.57. The standard InChI is InChI=1S/C22H14Cl2N2O4S/c1-12(27)25-14-3-5-15(6-4-14)26-21(28)20(31-22(26)29)11-16-7-9-19(30-16)17-10-13(23)2-8-18(17)24/h2-11H,1H3,(H,25,27)/b20-11+.